The highest BCUT2D eigenvalue weighted by Crippen LogP contribution is 2.40. The number of rotatable bonds is 6. The van der Waals surface area contributed by atoms with Gasteiger partial charge in [0.15, 0.2) is 0 Å². The first-order chi connectivity index (χ1) is 9.45. The summed E-state index contributed by atoms with van der Waals surface area (Å²) >= 11 is 0. The number of hydrogen-bond donors (Lipinski definition) is 1. The Hall–Kier alpha value is -1.67. The summed E-state index contributed by atoms with van der Waals surface area (Å²) in [7, 11) is 0. The third-order valence-electron chi connectivity index (χ3n) is 3.32. The molecule has 1 fully saturated rings. The zero-order valence-corrected chi connectivity index (χ0v) is 11.6. The van der Waals surface area contributed by atoms with Crippen LogP contribution in [0, 0.1) is 28.9 Å². The van der Waals surface area contributed by atoms with E-state index in [1.165, 1.54) is 0 Å². The molecule has 3 nitrogen and oxygen atoms in total. The lowest BCUT2D eigenvalue weighted by molar-refractivity contribution is 0.191. The molecule has 5 heteroatoms. The van der Waals surface area contributed by atoms with Gasteiger partial charge < -0.3 is 4.74 Å². The largest absolute Gasteiger partial charge is 0.490 e. The van der Waals surface area contributed by atoms with E-state index in [2.05, 4.69) is 11.4 Å². The van der Waals surface area contributed by atoms with Crippen molar-refractivity contribution in [3.05, 3.63) is 29.8 Å². The summed E-state index contributed by atoms with van der Waals surface area (Å²) in [6.45, 7) is 3.99. The molecule has 1 saturated carbocycles. The van der Waals surface area contributed by atoms with Crippen LogP contribution in [0.1, 0.15) is 26.7 Å². The first-order valence-corrected chi connectivity index (χ1v) is 6.73. The Morgan fingerprint density at radius 3 is 2.40 bits per heavy atom. The van der Waals surface area contributed by atoms with Crippen molar-refractivity contribution in [2.75, 3.05) is 6.61 Å². The molecule has 1 N–H and O–H groups in total. The number of halogens is 2. The lowest BCUT2D eigenvalue weighted by Crippen LogP contribution is -2.53. The summed E-state index contributed by atoms with van der Waals surface area (Å²) in [5.74, 6) is -1.04. The molecule has 2 rings (SSSR count). The van der Waals surface area contributed by atoms with Crippen LogP contribution in [0.2, 0.25) is 0 Å². The van der Waals surface area contributed by atoms with Gasteiger partial charge in [0, 0.05) is 24.2 Å². The molecule has 0 aliphatic heterocycles. The van der Waals surface area contributed by atoms with Crippen LogP contribution >= 0.6 is 0 Å². The van der Waals surface area contributed by atoms with E-state index in [4.69, 9.17) is 4.74 Å². The van der Waals surface area contributed by atoms with Crippen LogP contribution in [-0.2, 0) is 0 Å². The Morgan fingerprint density at radius 1 is 1.35 bits per heavy atom. The summed E-state index contributed by atoms with van der Waals surface area (Å²) in [6.07, 6.45) is 1.93. The molecular formula is C15H18F2N2O. The van der Waals surface area contributed by atoms with E-state index >= 15 is 0 Å². The molecule has 0 saturated heterocycles. The number of benzene rings is 1. The Balaban J connectivity index is 2.10. The molecule has 108 valence electrons. The van der Waals surface area contributed by atoms with E-state index in [1.54, 1.807) is 0 Å². The Bertz CT molecular complexity index is 503. The van der Waals surface area contributed by atoms with E-state index in [9.17, 15) is 14.0 Å². The molecule has 20 heavy (non-hydrogen) atoms. The molecule has 0 radical (unpaired) electrons. The molecule has 1 unspecified atom stereocenters. The fraction of sp³-hybridized carbons (Fsp3) is 0.533. The van der Waals surface area contributed by atoms with E-state index in [0.717, 1.165) is 31.0 Å². The minimum atomic E-state index is -0.795. The number of ether oxygens (including phenoxy) is 1. The SMILES string of the molecule is CC(C)NC(C#N)(COc1cc(F)cc(F)c1)C1CC1. The average molecular weight is 280 g/mol. The second kappa shape index (κ2) is 5.76. The molecule has 0 amide bonds. The summed E-state index contributed by atoms with van der Waals surface area (Å²) in [5.41, 5.74) is -0.795. The Kier molecular flexibility index (Phi) is 4.24. The zero-order chi connectivity index (χ0) is 14.8. The fourth-order valence-electron chi connectivity index (χ4n) is 2.33. The standard InChI is InChI=1S/C15H18F2N2O/c1-10(2)19-15(8-18,11-3-4-11)9-20-14-6-12(16)5-13(17)7-14/h5-7,10-11,19H,3-4,9H2,1-2H3. The Morgan fingerprint density at radius 2 is 1.95 bits per heavy atom. The van der Waals surface area contributed by atoms with Crippen LogP contribution < -0.4 is 10.1 Å². The molecular weight excluding hydrogens is 262 g/mol. The first kappa shape index (κ1) is 14.7. The fourth-order valence-corrected chi connectivity index (χ4v) is 2.33. The van der Waals surface area contributed by atoms with Crippen molar-refractivity contribution < 1.29 is 13.5 Å². The molecule has 1 aromatic carbocycles. The molecule has 1 aliphatic carbocycles. The maximum absolute atomic E-state index is 13.1. The molecule has 0 bridgehead atoms. The average Bonchev–Trinajstić information content (AvgIpc) is 3.17. The van der Waals surface area contributed by atoms with E-state index in [1.807, 2.05) is 13.8 Å². The van der Waals surface area contributed by atoms with E-state index in [0.29, 0.717) is 0 Å². The molecule has 1 atom stereocenters. The molecule has 1 aromatic rings. The number of hydrogen-bond acceptors (Lipinski definition) is 3. The van der Waals surface area contributed by atoms with Crippen molar-refractivity contribution in [1.82, 2.24) is 5.32 Å². The van der Waals surface area contributed by atoms with Crippen molar-refractivity contribution in [2.45, 2.75) is 38.3 Å². The highest BCUT2D eigenvalue weighted by Gasteiger charge is 2.46. The Labute approximate surface area is 117 Å². The van der Waals surface area contributed by atoms with E-state index in [-0.39, 0.29) is 24.3 Å². The van der Waals surface area contributed by atoms with Gasteiger partial charge in [-0.15, -0.1) is 0 Å². The van der Waals surface area contributed by atoms with Gasteiger partial charge >= 0.3 is 0 Å². The topological polar surface area (TPSA) is 45.0 Å². The van der Waals surface area contributed by atoms with Crippen LogP contribution in [0.25, 0.3) is 0 Å². The number of nitrogens with one attached hydrogen (secondary N) is 1. The zero-order valence-electron chi connectivity index (χ0n) is 11.6. The monoisotopic (exact) mass is 280 g/mol. The van der Waals surface area contributed by atoms with Gasteiger partial charge in [-0.25, -0.2) is 8.78 Å². The normalized spacial score (nSPS) is 17.6. The minimum Gasteiger partial charge on any atom is -0.490 e. The van der Waals surface area contributed by atoms with Crippen LogP contribution in [0.5, 0.6) is 5.75 Å². The van der Waals surface area contributed by atoms with Crippen LogP contribution in [0.15, 0.2) is 18.2 Å². The predicted octanol–water partition coefficient (Wildman–Crippen LogP) is 3.01. The van der Waals surface area contributed by atoms with Gasteiger partial charge in [-0.2, -0.15) is 5.26 Å². The molecule has 0 aromatic heterocycles. The molecule has 0 spiro atoms. The van der Waals surface area contributed by atoms with E-state index < -0.39 is 17.2 Å². The quantitative estimate of drug-likeness (QED) is 0.871. The number of nitrogens with zero attached hydrogens (tertiary/aromatic N) is 1. The van der Waals surface area contributed by atoms with Crippen molar-refractivity contribution in [3.8, 4) is 11.8 Å². The maximum atomic E-state index is 13.1. The van der Waals surface area contributed by atoms with Gasteiger partial charge in [-0.3, -0.25) is 5.32 Å². The summed E-state index contributed by atoms with van der Waals surface area (Å²) < 4.78 is 31.7. The van der Waals surface area contributed by atoms with Gasteiger partial charge in [-0.05, 0) is 32.6 Å². The summed E-state index contributed by atoms with van der Waals surface area (Å²) in [6, 6.07) is 5.44. The third-order valence-corrected chi connectivity index (χ3v) is 3.32. The molecule has 1 aliphatic rings. The smallest absolute Gasteiger partial charge is 0.144 e. The van der Waals surface area contributed by atoms with Gasteiger partial charge in [0.1, 0.15) is 29.5 Å². The van der Waals surface area contributed by atoms with Gasteiger partial charge in [0.05, 0.1) is 6.07 Å². The van der Waals surface area contributed by atoms with Crippen molar-refractivity contribution in [1.29, 1.82) is 5.26 Å². The van der Waals surface area contributed by atoms with Crippen LogP contribution in [0.4, 0.5) is 8.78 Å². The lowest BCUT2D eigenvalue weighted by Gasteiger charge is -2.30. The van der Waals surface area contributed by atoms with Crippen molar-refractivity contribution in [3.63, 3.8) is 0 Å². The van der Waals surface area contributed by atoms with Crippen LogP contribution in [0.3, 0.4) is 0 Å². The van der Waals surface area contributed by atoms with Crippen molar-refractivity contribution >= 4 is 0 Å². The highest BCUT2D eigenvalue weighted by molar-refractivity contribution is 5.25. The second-order valence-electron chi connectivity index (χ2n) is 5.55. The summed E-state index contributed by atoms with van der Waals surface area (Å²) in [5, 5.41) is 12.7. The second-order valence-corrected chi connectivity index (χ2v) is 5.55. The van der Waals surface area contributed by atoms with Crippen molar-refractivity contribution in [2.24, 2.45) is 5.92 Å². The third kappa shape index (κ3) is 3.45. The summed E-state index contributed by atoms with van der Waals surface area (Å²) in [4.78, 5) is 0. The maximum Gasteiger partial charge on any atom is 0.144 e. The number of nitriles is 1. The van der Waals surface area contributed by atoms with Crippen LogP contribution in [-0.4, -0.2) is 18.2 Å². The lowest BCUT2D eigenvalue weighted by atomic mass is 9.95. The minimum absolute atomic E-state index is 0.0786. The molecule has 0 heterocycles. The van der Waals surface area contributed by atoms with Gasteiger partial charge in [0.2, 0.25) is 0 Å². The van der Waals surface area contributed by atoms with Gasteiger partial charge in [0.25, 0.3) is 0 Å². The first-order valence-electron chi connectivity index (χ1n) is 6.73. The van der Waals surface area contributed by atoms with Gasteiger partial charge in [-0.1, -0.05) is 0 Å². The predicted molar refractivity (Wildman–Crippen MR) is 71.2 cm³/mol. The highest BCUT2D eigenvalue weighted by atomic mass is 19.1.